The van der Waals surface area contributed by atoms with Crippen LogP contribution in [0.1, 0.15) is 39.6 Å². The van der Waals surface area contributed by atoms with Crippen LogP contribution in [0.5, 0.6) is 0 Å². The molecule has 18 heavy (non-hydrogen) atoms. The number of aromatic nitrogens is 2. The maximum atomic E-state index is 9.49. The number of aliphatic hydroxyl groups excluding tert-OH is 1. The summed E-state index contributed by atoms with van der Waals surface area (Å²) in [6.07, 6.45) is 0. The van der Waals surface area contributed by atoms with Crippen molar-refractivity contribution >= 4 is 16.7 Å². The number of nitrogens with two attached hydrogens (primary N) is 1. The Morgan fingerprint density at radius 1 is 1.39 bits per heavy atom. The van der Waals surface area contributed by atoms with Crippen LogP contribution in [0.2, 0.25) is 0 Å². The second-order valence-corrected chi connectivity index (χ2v) is 5.85. The molecule has 2 rings (SSSR count). The Balaban J connectivity index is 2.68. The highest BCUT2D eigenvalue weighted by atomic mass is 16.3. The fourth-order valence-electron chi connectivity index (χ4n) is 2.10. The monoisotopic (exact) mass is 247 g/mol. The molecule has 0 aliphatic heterocycles. The van der Waals surface area contributed by atoms with Crippen molar-refractivity contribution in [1.82, 2.24) is 9.55 Å². The molecule has 0 aliphatic carbocycles. The van der Waals surface area contributed by atoms with E-state index in [1.54, 1.807) is 0 Å². The molecule has 1 atom stereocenters. The van der Waals surface area contributed by atoms with Crippen LogP contribution in [0.4, 0.5) is 5.69 Å². The molecule has 0 radical (unpaired) electrons. The zero-order valence-corrected chi connectivity index (χ0v) is 11.4. The van der Waals surface area contributed by atoms with Gasteiger partial charge in [0.25, 0.3) is 0 Å². The minimum absolute atomic E-state index is 0.0605. The second kappa shape index (κ2) is 4.28. The zero-order valence-electron chi connectivity index (χ0n) is 11.4. The van der Waals surface area contributed by atoms with Crippen molar-refractivity contribution in [3.63, 3.8) is 0 Å². The lowest BCUT2D eigenvalue weighted by Crippen LogP contribution is -2.23. The van der Waals surface area contributed by atoms with Crippen LogP contribution in [0, 0.1) is 5.41 Å². The van der Waals surface area contributed by atoms with Crippen LogP contribution in [0.25, 0.3) is 11.0 Å². The van der Waals surface area contributed by atoms with Crippen molar-refractivity contribution in [3.8, 4) is 0 Å². The molecule has 1 heterocycles. The first-order valence-electron chi connectivity index (χ1n) is 6.22. The van der Waals surface area contributed by atoms with Gasteiger partial charge in [-0.25, -0.2) is 4.98 Å². The number of anilines is 1. The predicted octanol–water partition coefficient (Wildman–Crippen LogP) is 2.72. The lowest BCUT2D eigenvalue weighted by molar-refractivity contribution is 0.228. The van der Waals surface area contributed by atoms with Gasteiger partial charge >= 0.3 is 0 Å². The van der Waals surface area contributed by atoms with Gasteiger partial charge in [-0.1, -0.05) is 20.8 Å². The quantitative estimate of drug-likeness (QED) is 0.802. The van der Waals surface area contributed by atoms with E-state index >= 15 is 0 Å². The number of benzene rings is 1. The van der Waals surface area contributed by atoms with Gasteiger partial charge in [0, 0.05) is 11.7 Å². The minimum Gasteiger partial charge on any atom is -0.399 e. The van der Waals surface area contributed by atoms with E-state index in [-0.39, 0.29) is 18.1 Å². The van der Waals surface area contributed by atoms with E-state index in [2.05, 4.69) is 37.2 Å². The number of imidazole rings is 1. The topological polar surface area (TPSA) is 64.1 Å². The summed E-state index contributed by atoms with van der Waals surface area (Å²) < 4.78 is 2.11. The fraction of sp³-hybridized carbons (Fsp3) is 0.500. The standard InChI is InChI=1S/C14H21N3O/c1-9(14(2,3)4)17-12-6-5-10(15)7-11(12)16-13(17)8-18/h5-7,9,18H,8,15H2,1-4H3. The Bertz CT molecular complexity index is 566. The summed E-state index contributed by atoms with van der Waals surface area (Å²) >= 11 is 0. The van der Waals surface area contributed by atoms with Gasteiger partial charge in [-0.15, -0.1) is 0 Å². The van der Waals surface area contributed by atoms with E-state index in [0.717, 1.165) is 11.0 Å². The number of fused-ring (bicyclic) bond motifs is 1. The summed E-state index contributed by atoms with van der Waals surface area (Å²) in [5.41, 5.74) is 8.43. The molecule has 2 aromatic rings. The van der Waals surface area contributed by atoms with Gasteiger partial charge in [-0.2, -0.15) is 0 Å². The third-order valence-corrected chi connectivity index (χ3v) is 3.57. The van der Waals surface area contributed by atoms with Gasteiger partial charge in [-0.05, 0) is 30.5 Å². The highest BCUT2D eigenvalue weighted by Crippen LogP contribution is 2.34. The van der Waals surface area contributed by atoms with Crippen molar-refractivity contribution in [2.45, 2.75) is 40.3 Å². The maximum absolute atomic E-state index is 9.49. The molecule has 0 saturated heterocycles. The molecule has 0 aliphatic rings. The molecule has 3 N–H and O–H groups in total. The number of hydrogen-bond donors (Lipinski definition) is 2. The first-order chi connectivity index (χ1) is 8.34. The summed E-state index contributed by atoms with van der Waals surface area (Å²) in [7, 11) is 0. The summed E-state index contributed by atoms with van der Waals surface area (Å²) in [6.45, 7) is 8.64. The molecule has 0 spiro atoms. The molecule has 0 amide bonds. The zero-order chi connectivity index (χ0) is 13.5. The highest BCUT2D eigenvalue weighted by Gasteiger charge is 2.25. The lowest BCUT2D eigenvalue weighted by atomic mass is 9.87. The summed E-state index contributed by atoms with van der Waals surface area (Å²) in [6, 6.07) is 5.93. The lowest BCUT2D eigenvalue weighted by Gasteiger charge is -2.30. The van der Waals surface area contributed by atoms with Crippen LogP contribution in [-0.4, -0.2) is 14.7 Å². The first-order valence-corrected chi connectivity index (χ1v) is 6.22. The molecule has 1 aromatic carbocycles. The molecule has 4 heteroatoms. The molecule has 0 bridgehead atoms. The van der Waals surface area contributed by atoms with Crippen molar-refractivity contribution in [1.29, 1.82) is 0 Å². The molecule has 1 aromatic heterocycles. The Kier molecular flexibility index (Phi) is 3.07. The third kappa shape index (κ3) is 2.08. The van der Waals surface area contributed by atoms with Gasteiger partial charge in [0.1, 0.15) is 12.4 Å². The molecule has 0 saturated carbocycles. The van der Waals surface area contributed by atoms with E-state index in [9.17, 15) is 5.11 Å². The number of aliphatic hydroxyl groups is 1. The Hall–Kier alpha value is -1.55. The van der Waals surface area contributed by atoms with Crippen molar-refractivity contribution in [3.05, 3.63) is 24.0 Å². The average Bonchev–Trinajstić information content (AvgIpc) is 2.63. The van der Waals surface area contributed by atoms with Gasteiger partial charge in [0.05, 0.1) is 11.0 Å². The van der Waals surface area contributed by atoms with E-state index in [4.69, 9.17) is 5.73 Å². The predicted molar refractivity (Wildman–Crippen MR) is 74.2 cm³/mol. The van der Waals surface area contributed by atoms with Crippen LogP contribution in [-0.2, 0) is 6.61 Å². The van der Waals surface area contributed by atoms with Gasteiger partial charge in [0.2, 0.25) is 0 Å². The van der Waals surface area contributed by atoms with Crippen molar-refractivity contribution in [2.75, 3.05) is 5.73 Å². The van der Waals surface area contributed by atoms with Crippen LogP contribution >= 0.6 is 0 Å². The number of nitrogen functional groups attached to an aromatic ring is 1. The van der Waals surface area contributed by atoms with Gasteiger partial charge < -0.3 is 15.4 Å². The molecular weight excluding hydrogens is 226 g/mol. The van der Waals surface area contributed by atoms with E-state index in [1.807, 2.05) is 18.2 Å². The van der Waals surface area contributed by atoms with Crippen LogP contribution in [0.15, 0.2) is 18.2 Å². The average molecular weight is 247 g/mol. The Labute approximate surface area is 107 Å². The van der Waals surface area contributed by atoms with Gasteiger partial charge in [-0.3, -0.25) is 0 Å². The van der Waals surface area contributed by atoms with Crippen molar-refractivity contribution in [2.24, 2.45) is 5.41 Å². The first kappa shape index (κ1) is 12.9. The molecular formula is C14H21N3O. The Morgan fingerprint density at radius 2 is 2.06 bits per heavy atom. The highest BCUT2D eigenvalue weighted by molar-refractivity contribution is 5.79. The number of rotatable bonds is 2. The summed E-state index contributed by atoms with van der Waals surface area (Å²) in [4.78, 5) is 4.46. The van der Waals surface area contributed by atoms with Crippen LogP contribution < -0.4 is 5.73 Å². The normalized spacial score (nSPS) is 14.1. The fourth-order valence-corrected chi connectivity index (χ4v) is 2.10. The number of nitrogens with zero attached hydrogens (tertiary/aromatic N) is 2. The molecule has 98 valence electrons. The summed E-state index contributed by atoms with van der Waals surface area (Å²) in [5, 5.41) is 9.49. The van der Waals surface area contributed by atoms with Gasteiger partial charge in [0.15, 0.2) is 0 Å². The van der Waals surface area contributed by atoms with Crippen molar-refractivity contribution < 1.29 is 5.11 Å². The maximum Gasteiger partial charge on any atom is 0.135 e. The van der Waals surface area contributed by atoms with E-state index in [1.165, 1.54) is 0 Å². The van der Waals surface area contributed by atoms with E-state index in [0.29, 0.717) is 11.5 Å². The number of hydrogen-bond acceptors (Lipinski definition) is 3. The largest absolute Gasteiger partial charge is 0.399 e. The second-order valence-electron chi connectivity index (χ2n) is 5.85. The SMILES string of the molecule is CC(n1c(CO)nc2cc(N)ccc21)C(C)(C)C. The smallest absolute Gasteiger partial charge is 0.135 e. The van der Waals surface area contributed by atoms with Crippen LogP contribution in [0.3, 0.4) is 0 Å². The molecule has 4 nitrogen and oxygen atoms in total. The molecule has 1 unspecified atom stereocenters. The summed E-state index contributed by atoms with van der Waals surface area (Å²) in [5.74, 6) is 0.693. The molecule has 0 fully saturated rings. The van der Waals surface area contributed by atoms with E-state index < -0.39 is 0 Å². The Morgan fingerprint density at radius 3 is 2.61 bits per heavy atom. The minimum atomic E-state index is -0.0605. The third-order valence-electron chi connectivity index (χ3n) is 3.57.